The van der Waals surface area contributed by atoms with E-state index in [9.17, 15) is 0 Å². The minimum Gasteiger partial charge on any atom is -0.377 e. The number of hydrogen-bond donors (Lipinski definition) is 2. The molecular formula is C21H34N6O. The molecular weight excluding hydrogens is 352 g/mol. The quantitative estimate of drug-likeness (QED) is 0.615. The summed E-state index contributed by atoms with van der Waals surface area (Å²) in [6, 6.07) is 0.849. The van der Waals surface area contributed by atoms with Crippen LogP contribution in [-0.2, 0) is 17.7 Å². The summed E-state index contributed by atoms with van der Waals surface area (Å²) in [6.07, 6.45) is 8.98. The molecule has 4 atom stereocenters. The van der Waals surface area contributed by atoms with Crippen molar-refractivity contribution in [3.63, 3.8) is 0 Å². The number of aryl methyl sites for hydroxylation is 1. The first-order valence-electron chi connectivity index (χ1n) is 11.2. The minimum absolute atomic E-state index is 0.343. The van der Waals surface area contributed by atoms with E-state index in [4.69, 9.17) is 14.8 Å². The highest BCUT2D eigenvalue weighted by Gasteiger charge is 2.65. The fourth-order valence-corrected chi connectivity index (χ4v) is 6.11. The highest BCUT2D eigenvalue weighted by Crippen LogP contribution is 2.60. The van der Waals surface area contributed by atoms with Crippen LogP contribution in [0.15, 0.2) is 4.99 Å². The fraction of sp³-hybridized carbons (Fsp3) is 0.857. The lowest BCUT2D eigenvalue weighted by atomic mass is 9.54. The van der Waals surface area contributed by atoms with Crippen LogP contribution in [0.1, 0.15) is 69.9 Å². The number of rotatable bonds is 3. The molecule has 154 valence electrons. The molecule has 5 rings (SSSR count). The molecule has 3 heterocycles. The van der Waals surface area contributed by atoms with Crippen LogP contribution >= 0.6 is 0 Å². The van der Waals surface area contributed by atoms with Gasteiger partial charge in [0.25, 0.3) is 0 Å². The molecule has 2 N–H and O–H groups in total. The standard InChI is InChI=1S/C21H34N6O/c1-13(2)19-24-16-7-6-14(12-27(16)26-19)23-20(22-3)25-17-15-8-11-28-18(15)21(17)9-4-5-10-21/h13-15,17-18H,4-12H2,1-3H3,(H2,22,23,25). The molecule has 0 radical (unpaired) electrons. The topological polar surface area (TPSA) is 76.4 Å². The number of nitrogens with zero attached hydrogens (tertiary/aromatic N) is 4. The van der Waals surface area contributed by atoms with Gasteiger partial charge in [0, 0.05) is 49.4 Å². The van der Waals surface area contributed by atoms with Crippen LogP contribution in [0.25, 0.3) is 0 Å². The number of guanidine groups is 1. The number of aromatic nitrogens is 3. The monoisotopic (exact) mass is 386 g/mol. The lowest BCUT2D eigenvalue weighted by Crippen LogP contribution is -2.69. The van der Waals surface area contributed by atoms with Gasteiger partial charge in [-0.05, 0) is 25.7 Å². The van der Waals surface area contributed by atoms with E-state index in [-0.39, 0.29) is 0 Å². The summed E-state index contributed by atoms with van der Waals surface area (Å²) < 4.78 is 8.22. The maximum atomic E-state index is 6.13. The van der Waals surface area contributed by atoms with Crippen molar-refractivity contribution in [2.24, 2.45) is 16.3 Å². The van der Waals surface area contributed by atoms with Crippen molar-refractivity contribution >= 4 is 5.96 Å². The third-order valence-electron chi connectivity index (χ3n) is 7.53. The highest BCUT2D eigenvalue weighted by molar-refractivity contribution is 5.80. The first kappa shape index (κ1) is 18.4. The van der Waals surface area contributed by atoms with Crippen LogP contribution in [0.5, 0.6) is 0 Å². The fourth-order valence-electron chi connectivity index (χ4n) is 6.11. The molecule has 4 unspecified atom stereocenters. The number of hydrogen-bond acceptors (Lipinski definition) is 4. The molecule has 28 heavy (non-hydrogen) atoms. The number of ether oxygens (including phenoxy) is 1. The van der Waals surface area contributed by atoms with E-state index in [1.165, 1.54) is 32.1 Å². The molecule has 3 fully saturated rings. The van der Waals surface area contributed by atoms with E-state index in [1.807, 2.05) is 7.05 Å². The van der Waals surface area contributed by atoms with E-state index in [1.54, 1.807) is 0 Å². The first-order chi connectivity index (χ1) is 13.6. The number of nitrogens with one attached hydrogen (secondary N) is 2. The molecule has 0 bridgehead atoms. The SMILES string of the molecule is CN=C(NC1CCc2nc(C(C)C)nn2C1)NC1C2CCOC2C12CCCC2. The second-order valence-electron chi connectivity index (χ2n) is 9.48. The Morgan fingerprint density at radius 1 is 1.25 bits per heavy atom. The zero-order valence-corrected chi connectivity index (χ0v) is 17.4. The Kier molecular flexibility index (Phi) is 4.61. The molecule has 2 saturated carbocycles. The van der Waals surface area contributed by atoms with E-state index in [0.29, 0.717) is 35.4 Å². The normalized spacial score (nSPS) is 33.6. The van der Waals surface area contributed by atoms with E-state index < -0.39 is 0 Å². The molecule has 1 spiro atoms. The van der Waals surface area contributed by atoms with Gasteiger partial charge in [0.2, 0.25) is 0 Å². The van der Waals surface area contributed by atoms with E-state index in [2.05, 4.69) is 34.2 Å². The minimum atomic E-state index is 0.343. The molecule has 0 amide bonds. The van der Waals surface area contributed by atoms with Gasteiger partial charge in [-0.1, -0.05) is 26.7 Å². The average molecular weight is 387 g/mol. The zero-order valence-electron chi connectivity index (χ0n) is 17.4. The van der Waals surface area contributed by atoms with Crippen LogP contribution in [0.4, 0.5) is 0 Å². The van der Waals surface area contributed by atoms with Crippen molar-refractivity contribution in [2.75, 3.05) is 13.7 Å². The van der Waals surface area contributed by atoms with Gasteiger partial charge in [-0.25, -0.2) is 9.67 Å². The predicted molar refractivity (Wildman–Crippen MR) is 108 cm³/mol. The summed E-state index contributed by atoms with van der Waals surface area (Å²) in [5.74, 6) is 4.06. The zero-order chi connectivity index (χ0) is 19.3. The number of fused-ring (bicyclic) bond motifs is 3. The molecule has 0 aromatic carbocycles. The van der Waals surface area contributed by atoms with Crippen LogP contribution in [0.3, 0.4) is 0 Å². The molecule has 7 heteroatoms. The van der Waals surface area contributed by atoms with Gasteiger partial charge in [0.1, 0.15) is 5.82 Å². The summed E-state index contributed by atoms with van der Waals surface area (Å²) in [5, 5.41) is 12.2. The van der Waals surface area contributed by atoms with Gasteiger partial charge in [0.15, 0.2) is 11.8 Å². The second kappa shape index (κ2) is 7.01. The summed E-state index contributed by atoms with van der Waals surface area (Å²) >= 11 is 0. The largest absolute Gasteiger partial charge is 0.377 e. The molecule has 2 aliphatic carbocycles. The molecule has 1 aromatic rings. The van der Waals surface area contributed by atoms with Gasteiger partial charge in [-0.3, -0.25) is 4.99 Å². The summed E-state index contributed by atoms with van der Waals surface area (Å²) in [4.78, 5) is 9.27. The smallest absolute Gasteiger partial charge is 0.191 e. The van der Waals surface area contributed by atoms with Gasteiger partial charge < -0.3 is 15.4 Å². The van der Waals surface area contributed by atoms with E-state index >= 15 is 0 Å². The Morgan fingerprint density at radius 2 is 2.07 bits per heavy atom. The maximum Gasteiger partial charge on any atom is 0.191 e. The highest BCUT2D eigenvalue weighted by atomic mass is 16.5. The Bertz CT molecular complexity index is 750. The summed E-state index contributed by atoms with van der Waals surface area (Å²) in [6.45, 7) is 6.10. The van der Waals surface area contributed by atoms with Gasteiger partial charge in [-0.2, -0.15) is 5.10 Å². The third-order valence-corrected chi connectivity index (χ3v) is 7.53. The van der Waals surface area contributed by atoms with Crippen molar-refractivity contribution in [3.05, 3.63) is 11.6 Å². The van der Waals surface area contributed by atoms with Crippen LogP contribution < -0.4 is 10.6 Å². The summed E-state index contributed by atoms with van der Waals surface area (Å²) in [5.41, 5.74) is 0.344. The van der Waals surface area contributed by atoms with Gasteiger partial charge >= 0.3 is 0 Å². The van der Waals surface area contributed by atoms with Crippen molar-refractivity contribution in [1.82, 2.24) is 25.4 Å². The Balaban J connectivity index is 1.25. The van der Waals surface area contributed by atoms with Gasteiger partial charge in [-0.15, -0.1) is 0 Å². The van der Waals surface area contributed by atoms with Crippen LogP contribution in [0.2, 0.25) is 0 Å². The molecule has 1 aromatic heterocycles. The first-order valence-corrected chi connectivity index (χ1v) is 11.2. The lowest BCUT2D eigenvalue weighted by molar-refractivity contribution is -0.125. The van der Waals surface area contributed by atoms with Crippen LogP contribution in [-0.4, -0.2) is 52.6 Å². The van der Waals surface area contributed by atoms with Crippen molar-refractivity contribution in [1.29, 1.82) is 0 Å². The van der Waals surface area contributed by atoms with E-state index in [0.717, 1.165) is 43.6 Å². The second-order valence-corrected chi connectivity index (χ2v) is 9.48. The molecule has 7 nitrogen and oxygen atoms in total. The van der Waals surface area contributed by atoms with Gasteiger partial charge in [0.05, 0.1) is 12.6 Å². The Hall–Kier alpha value is -1.63. The Morgan fingerprint density at radius 3 is 2.82 bits per heavy atom. The molecule has 1 saturated heterocycles. The molecule has 2 aliphatic heterocycles. The van der Waals surface area contributed by atoms with Crippen LogP contribution in [0, 0.1) is 11.3 Å². The third kappa shape index (κ3) is 2.85. The Labute approximate surface area is 167 Å². The summed E-state index contributed by atoms with van der Waals surface area (Å²) in [7, 11) is 1.89. The van der Waals surface area contributed by atoms with Crippen molar-refractivity contribution in [2.45, 2.75) is 89.4 Å². The maximum absolute atomic E-state index is 6.13. The predicted octanol–water partition coefficient (Wildman–Crippen LogP) is 2.23. The van der Waals surface area contributed by atoms with Crippen molar-refractivity contribution in [3.8, 4) is 0 Å². The number of aliphatic imine (C=N–C) groups is 1. The van der Waals surface area contributed by atoms with Crippen molar-refractivity contribution < 1.29 is 4.74 Å². The average Bonchev–Trinajstić information content (AvgIpc) is 3.42. The molecule has 4 aliphatic rings. The lowest BCUT2D eigenvalue weighted by Gasteiger charge is -2.57.